The Morgan fingerprint density at radius 1 is 1.05 bits per heavy atom. The summed E-state index contributed by atoms with van der Waals surface area (Å²) in [6.45, 7) is 0.662. The summed E-state index contributed by atoms with van der Waals surface area (Å²) in [5.74, 6) is 0. The topological polar surface area (TPSA) is 65.6 Å². The van der Waals surface area contributed by atoms with E-state index in [0.717, 1.165) is 21.9 Å². The quantitative estimate of drug-likeness (QED) is 0.674. The molecule has 1 heterocycles. The lowest BCUT2D eigenvalue weighted by molar-refractivity contribution is 0.0141. The van der Waals surface area contributed by atoms with Gasteiger partial charge in [-0.1, -0.05) is 24.3 Å². The number of aliphatic hydroxyl groups excluding tert-OH is 2. The van der Waals surface area contributed by atoms with Gasteiger partial charge < -0.3 is 19.9 Å². The van der Waals surface area contributed by atoms with Crippen molar-refractivity contribution in [3.63, 3.8) is 0 Å². The van der Waals surface area contributed by atoms with Crippen LogP contribution >= 0.6 is 0 Å². The molecule has 0 saturated heterocycles. The summed E-state index contributed by atoms with van der Waals surface area (Å²) in [6, 6.07) is 13.4. The number of para-hydroxylation sites is 1. The van der Waals surface area contributed by atoms with Gasteiger partial charge in [0.15, 0.2) is 0 Å². The lowest BCUT2D eigenvalue weighted by Crippen LogP contribution is -2.23. The van der Waals surface area contributed by atoms with E-state index in [1.54, 1.807) is 6.07 Å². The molecular formula is C17H19NO3. The minimum atomic E-state index is -0.892. The summed E-state index contributed by atoms with van der Waals surface area (Å²) in [5, 5.41) is 25.3. The molecule has 0 aliphatic carbocycles. The van der Waals surface area contributed by atoms with E-state index in [-0.39, 0.29) is 0 Å². The van der Waals surface area contributed by atoms with Crippen molar-refractivity contribution in [1.82, 2.24) is 5.32 Å². The van der Waals surface area contributed by atoms with Crippen molar-refractivity contribution < 1.29 is 14.6 Å². The fourth-order valence-electron chi connectivity index (χ4n) is 2.60. The van der Waals surface area contributed by atoms with Crippen LogP contribution in [0.15, 0.2) is 46.9 Å². The number of nitrogens with one attached hydrogen (secondary N) is 1. The summed E-state index contributed by atoms with van der Waals surface area (Å²) in [6.07, 6.45) is -1.17. The van der Waals surface area contributed by atoms with Crippen molar-refractivity contribution in [2.45, 2.75) is 18.6 Å². The zero-order chi connectivity index (χ0) is 14.8. The molecule has 4 heteroatoms. The van der Waals surface area contributed by atoms with Crippen molar-refractivity contribution in [3.8, 4) is 0 Å². The first-order valence-electron chi connectivity index (χ1n) is 7.12. The third kappa shape index (κ3) is 2.65. The first kappa shape index (κ1) is 14.1. The number of hydrogen-bond acceptors (Lipinski definition) is 4. The second kappa shape index (κ2) is 5.85. The predicted octanol–water partition coefficient (Wildman–Crippen LogP) is 2.59. The van der Waals surface area contributed by atoms with Crippen molar-refractivity contribution in [2.24, 2.45) is 0 Å². The summed E-state index contributed by atoms with van der Waals surface area (Å²) in [4.78, 5) is 0. The lowest BCUT2D eigenvalue weighted by atomic mass is 10.00. The highest BCUT2D eigenvalue weighted by molar-refractivity contribution is 6.04. The Morgan fingerprint density at radius 2 is 1.81 bits per heavy atom. The van der Waals surface area contributed by atoms with E-state index >= 15 is 0 Å². The van der Waals surface area contributed by atoms with Gasteiger partial charge in [0.1, 0.15) is 17.3 Å². The smallest absolute Gasteiger partial charge is 0.135 e. The molecule has 3 aromatic rings. The van der Waals surface area contributed by atoms with Crippen molar-refractivity contribution in [2.75, 3.05) is 13.6 Å². The Balaban J connectivity index is 1.98. The van der Waals surface area contributed by atoms with Gasteiger partial charge in [0, 0.05) is 10.8 Å². The Labute approximate surface area is 123 Å². The van der Waals surface area contributed by atoms with Crippen LogP contribution in [0.25, 0.3) is 21.9 Å². The molecule has 1 aromatic heterocycles. The van der Waals surface area contributed by atoms with E-state index in [4.69, 9.17) is 4.42 Å². The molecule has 0 fully saturated rings. The predicted molar refractivity (Wildman–Crippen MR) is 83.2 cm³/mol. The van der Waals surface area contributed by atoms with Crippen LogP contribution in [-0.4, -0.2) is 29.9 Å². The fourth-order valence-corrected chi connectivity index (χ4v) is 2.60. The third-order valence-corrected chi connectivity index (χ3v) is 3.80. The summed E-state index contributed by atoms with van der Waals surface area (Å²) < 4.78 is 5.76. The summed E-state index contributed by atoms with van der Waals surface area (Å²) in [7, 11) is 1.82. The fraction of sp³-hybridized carbons (Fsp3) is 0.294. The van der Waals surface area contributed by atoms with Crippen LogP contribution in [-0.2, 0) is 0 Å². The molecule has 0 radical (unpaired) electrons. The first-order chi connectivity index (χ1) is 10.2. The minimum absolute atomic E-state index is 0.502. The average molecular weight is 285 g/mol. The van der Waals surface area contributed by atoms with Gasteiger partial charge in [-0.05, 0) is 43.8 Å². The molecule has 3 rings (SSSR count). The van der Waals surface area contributed by atoms with E-state index in [2.05, 4.69) is 5.32 Å². The van der Waals surface area contributed by atoms with Crippen LogP contribution in [0, 0.1) is 0 Å². The van der Waals surface area contributed by atoms with Gasteiger partial charge in [-0.25, -0.2) is 0 Å². The van der Waals surface area contributed by atoms with Crippen LogP contribution < -0.4 is 5.32 Å². The van der Waals surface area contributed by atoms with E-state index in [0.29, 0.717) is 18.5 Å². The SMILES string of the molecule is CNCCC(O)C(O)c1ccc2oc3ccccc3c2c1. The molecule has 0 bridgehead atoms. The molecule has 0 amide bonds. The third-order valence-electron chi connectivity index (χ3n) is 3.80. The Kier molecular flexibility index (Phi) is 3.92. The normalized spacial score (nSPS) is 14.6. The first-order valence-corrected chi connectivity index (χ1v) is 7.12. The van der Waals surface area contributed by atoms with E-state index in [9.17, 15) is 10.2 Å². The summed E-state index contributed by atoms with van der Waals surface area (Å²) >= 11 is 0. The number of rotatable bonds is 5. The van der Waals surface area contributed by atoms with Gasteiger partial charge in [0.05, 0.1) is 6.10 Å². The summed E-state index contributed by atoms with van der Waals surface area (Å²) in [5.41, 5.74) is 2.32. The number of aliphatic hydroxyl groups is 2. The van der Waals surface area contributed by atoms with Crippen molar-refractivity contribution in [1.29, 1.82) is 0 Å². The van der Waals surface area contributed by atoms with Crippen molar-refractivity contribution in [3.05, 3.63) is 48.0 Å². The number of fused-ring (bicyclic) bond motifs is 3. The maximum absolute atomic E-state index is 10.3. The second-order valence-corrected chi connectivity index (χ2v) is 5.26. The van der Waals surface area contributed by atoms with E-state index in [1.165, 1.54) is 0 Å². The van der Waals surface area contributed by atoms with Gasteiger partial charge in [-0.2, -0.15) is 0 Å². The van der Waals surface area contributed by atoms with E-state index < -0.39 is 12.2 Å². The largest absolute Gasteiger partial charge is 0.456 e. The highest BCUT2D eigenvalue weighted by Gasteiger charge is 2.19. The minimum Gasteiger partial charge on any atom is -0.456 e. The Morgan fingerprint density at radius 3 is 2.62 bits per heavy atom. The van der Waals surface area contributed by atoms with Crippen LogP contribution in [0.5, 0.6) is 0 Å². The molecule has 0 spiro atoms. The number of hydrogen-bond donors (Lipinski definition) is 3. The highest BCUT2D eigenvalue weighted by atomic mass is 16.3. The van der Waals surface area contributed by atoms with Crippen LogP contribution in [0.1, 0.15) is 18.1 Å². The molecule has 0 aliphatic heterocycles. The molecule has 2 unspecified atom stereocenters. The van der Waals surface area contributed by atoms with Crippen LogP contribution in [0.3, 0.4) is 0 Å². The molecular weight excluding hydrogens is 266 g/mol. The molecule has 2 atom stereocenters. The monoisotopic (exact) mass is 285 g/mol. The zero-order valence-corrected chi connectivity index (χ0v) is 11.9. The average Bonchev–Trinajstić information content (AvgIpc) is 2.89. The standard InChI is InChI=1S/C17H19NO3/c1-18-9-8-14(19)17(20)11-6-7-16-13(10-11)12-4-2-3-5-15(12)21-16/h2-7,10,14,17-20H,8-9H2,1H3. The van der Waals surface area contributed by atoms with Crippen molar-refractivity contribution >= 4 is 21.9 Å². The molecule has 0 aliphatic rings. The lowest BCUT2D eigenvalue weighted by Gasteiger charge is -2.18. The van der Waals surface area contributed by atoms with Gasteiger partial charge in [0.25, 0.3) is 0 Å². The number of benzene rings is 2. The molecule has 21 heavy (non-hydrogen) atoms. The molecule has 0 saturated carbocycles. The van der Waals surface area contributed by atoms with Crippen LogP contribution in [0.4, 0.5) is 0 Å². The van der Waals surface area contributed by atoms with Crippen LogP contribution in [0.2, 0.25) is 0 Å². The Hall–Kier alpha value is -1.88. The maximum atomic E-state index is 10.3. The molecule has 4 nitrogen and oxygen atoms in total. The molecule has 2 aromatic carbocycles. The zero-order valence-electron chi connectivity index (χ0n) is 11.9. The van der Waals surface area contributed by atoms with E-state index in [1.807, 2.05) is 43.4 Å². The van der Waals surface area contributed by atoms with Gasteiger partial charge in [-0.3, -0.25) is 0 Å². The maximum Gasteiger partial charge on any atom is 0.135 e. The highest BCUT2D eigenvalue weighted by Crippen LogP contribution is 2.31. The second-order valence-electron chi connectivity index (χ2n) is 5.26. The van der Waals surface area contributed by atoms with Gasteiger partial charge in [-0.15, -0.1) is 0 Å². The van der Waals surface area contributed by atoms with Gasteiger partial charge >= 0.3 is 0 Å². The number of furan rings is 1. The van der Waals surface area contributed by atoms with Gasteiger partial charge in [0.2, 0.25) is 0 Å². The molecule has 110 valence electrons. The molecule has 3 N–H and O–H groups in total. The Bertz CT molecular complexity index is 750.